The lowest BCUT2D eigenvalue weighted by atomic mass is 10.2. The van der Waals surface area contributed by atoms with Crippen LogP contribution in [0.15, 0.2) is 24.5 Å². The van der Waals surface area contributed by atoms with Gasteiger partial charge < -0.3 is 4.74 Å². The average molecular weight is 408 g/mol. The number of aryl methyl sites for hydroxylation is 2. The minimum Gasteiger partial charge on any atom is -0.420 e. The Labute approximate surface area is 152 Å². The fraction of sp³-hybridized carbons (Fsp3) is 0.267. The maximum Gasteiger partial charge on any atom is 0.435 e. The summed E-state index contributed by atoms with van der Waals surface area (Å²) >= 11 is 0.458. The first kappa shape index (κ1) is 19.1. The third-order valence-electron chi connectivity index (χ3n) is 3.46. The van der Waals surface area contributed by atoms with Gasteiger partial charge >= 0.3 is 12.4 Å². The van der Waals surface area contributed by atoms with Crippen molar-refractivity contribution in [2.45, 2.75) is 19.3 Å². The van der Waals surface area contributed by atoms with E-state index >= 15 is 0 Å². The maximum atomic E-state index is 12.9. The number of hydrogen-bond acceptors (Lipinski definition) is 5. The smallest absolute Gasteiger partial charge is 0.420 e. The predicted molar refractivity (Wildman–Crippen MR) is 83.4 cm³/mol. The van der Waals surface area contributed by atoms with Crippen molar-refractivity contribution in [2.24, 2.45) is 7.05 Å². The number of hydrogen-bond donors (Lipinski definition) is 0. The Morgan fingerprint density at radius 3 is 2.30 bits per heavy atom. The third-order valence-corrected chi connectivity index (χ3v) is 4.61. The lowest BCUT2D eigenvalue weighted by molar-refractivity contribution is -0.141. The highest BCUT2D eigenvalue weighted by Crippen LogP contribution is 2.42. The van der Waals surface area contributed by atoms with E-state index in [9.17, 15) is 26.3 Å². The van der Waals surface area contributed by atoms with Gasteiger partial charge in [-0.1, -0.05) is 0 Å². The molecule has 0 amide bonds. The van der Waals surface area contributed by atoms with Crippen LogP contribution in [0.2, 0.25) is 0 Å². The van der Waals surface area contributed by atoms with Crippen LogP contribution in [0.1, 0.15) is 16.3 Å². The van der Waals surface area contributed by atoms with Gasteiger partial charge in [-0.25, -0.2) is 14.6 Å². The normalized spacial score (nSPS) is 12.4. The summed E-state index contributed by atoms with van der Waals surface area (Å²) in [4.78, 5) is 7.14. The van der Waals surface area contributed by atoms with Crippen molar-refractivity contribution in [2.75, 3.05) is 0 Å². The summed E-state index contributed by atoms with van der Waals surface area (Å²) in [5, 5.41) is 3.32. The molecule has 0 aliphatic heterocycles. The zero-order valence-corrected chi connectivity index (χ0v) is 14.5. The van der Waals surface area contributed by atoms with E-state index in [2.05, 4.69) is 15.1 Å². The maximum absolute atomic E-state index is 12.9. The molecule has 0 aromatic carbocycles. The van der Waals surface area contributed by atoms with Crippen molar-refractivity contribution < 1.29 is 31.1 Å². The van der Waals surface area contributed by atoms with Crippen LogP contribution in [0, 0.1) is 6.92 Å². The van der Waals surface area contributed by atoms with E-state index in [0.29, 0.717) is 23.1 Å². The van der Waals surface area contributed by atoms with Gasteiger partial charge in [0.1, 0.15) is 11.2 Å². The Morgan fingerprint density at radius 1 is 1.04 bits per heavy atom. The minimum atomic E-state index is -4.67. The summed E-state index contributed by atoms with van der Waals surface area (Å²) < 4.78 is 83.2. The number of rotatable bonds is 3. The molecule has 0 saturated heterocycles. The summed E-state index contributed by atoms with van der Waals surface area (Å²) in [7, 11) is 1.24. The van der Waals surface area contributed by atoms with E-state index in [-0.39, 0.29) is 22.2 Å². The molecule has 0 spiro atoms. The minimum absolute atomic E-state index is 0.160. The largest absolute Gasteiger partial charge is 0.435 e. The number of halogens is 6. The third kappa shape index (κ3) is 3.89. The van der Waals surface area contributed by atoms with Crippen molar-refractivity contribution >= 4 is 11.3 Å². The van der Waals surface area contributed by atoms with E-state index in [1.54, 1.807) is 0 Å². The molecule has 12 heteroatoms. The number of nitrogens with zero attached hydrogens (tertiary/aromatic N) is 4. The molecule has 0 saturated carbocycles. The molecule has 144 valence electrons. The first-order valence-corrected chi connectivity index (χ1v) is 8.06. The topological polar surface area (TPSA) is 52.8 Å². The Balaban J connectivity index is 2.03. The second-order valence-electron chi connectivity index (χ2n) is 5.39. The van der Waals surface area contributed by atoms with Crippen LogP contribution in [0.25, 0.3) is 10.4 Å². The molecule has 0 fully saturated rings. The van der Waals surface area contributed by atoms with Crippen molar-refractivity contribution in [3.8, 4) is 22.2 Å². The molecule has 0 N–H and O–H groups in total. The van der Waals surface area contributed by atoms with Crippen LogP contribution in [0.3, 0.4) is 0 Å². The molecule has 3 heterocycles. The van der Waals surface area contributed by atoms with Crippen molar-refractivity contribution in [1.82, 2.24) is 19.7 Å². The zero-order chi connectivity index (χ0) is 20.0. The highest BCUT2D eigenvalue weighted by atomic mass is 32.1. The van der Waals surface area contributed by atoms with Gasteiger partial charge in [-0.3, -0.25) is 0 Å². The van der Waals surface area contributed by atoms with Crippen LogP contribution < -0.4 is 4.74 Å². The summed E-state index contributed by atoms with van der Waals surface area (Å²) in [6, 6.07) is 2.81. The van der Waals surface area contributed by atoms with Gasteiger partial charge in [-0.05, 0) is 19.1 Å². The van der Waals surface area contributed by atoms with Crippen molar-refractivity contribution in [3.05, 3.63) is 40.8 Å². The summed E-state index contributed by atoms with van der Waals surface area (Å²) in [5.74, 6) is -0.441. The highest BCUT2D eigenvalue weighted by Gasteiger charge is 2.36. The summed E-state index contributed by atoms with van der Waals surface area (Å²) in [6.07, 6.45) is -8.08. The second kappa shape index (κ2) is 6.51. The van der Waals surface area contributed by atoms with Gasteiger partial charge in [0.05, 0.1) is 11.3 Å². The highest BCUT2D eigenvalue weighted by molar-refractivity contribution is 7.15. The van der Waals surface area contributed by atoms with E-state index in [4.69, 9.17) is 4.74 Å². The fourth-order valence-corrected chi connectivity index (χ4v) is 3.18. The first-order chi connectivity index (χ1) is 12.5. The van der Waals surface area contributed by atoms with Gasteiger partial charge in [0.15, 0.2) is 5.69 Å². The van der Waals surface area contributed by atoms with Gasteiger partial charge in [-0.15, -0.1) is 11.3 Å². The van der Waals surface area contributed by atoms with Crippen LogP contribution in [0.5, 0.6) is 11.8 Å². The van der Waals surface area contributed by atoms with Crippen LogP contribution in [0.4, 0.5) is 26.3 Å². The van der Waals surface area contributed by atoms with Crippen molar-refractivity contribution in [3.63, 3.8) is 0 Å². The quantitative estimate of drug-likeness (QED) is 0.568. The van der Waals surface area contributed by atoms with Gasteiger partial charge in [0.25, 0.3) is 0 Å². The molecule has 3 rings (SSSR count). The van der Waals surface area contributed by atoms with E-state index in [0.717, 1.165) is 17.1 Å². The Kier molecular flexibility index (Phi) is 4.62. The fourth-order valence-electron chi connectivity index (χ4n) is 2.22. The van der Waals surface area contributed by atoms with E-state index in [1.165, 1.54) is 20.0 Å². The molecule has 0 bridgehead atoms. The van der Waals surface area contributed by atoms with Crippen LogP contribution in [-0.2, 0) is 19.4 Å². The Bertz CT molecular complexity index is 976. The van der Waals surface area contributed by atoms with Gasteiger partial charge in [0.2, 0.25) is 11.8 Å². The molecule has 0 unspecified atom stereocenters. The number of ether oxygens (including phenoxy) is 1. The lowest BCUT2D eigenvalue weighted by Crippen LogP contribution is -2.06. The lowest BCUT2D eigenvalue weighted by Gasteiger charge is -2.10. The second-order valence-corrected chi connectivity index (χ2v) is 6.48. The van der Waals surface area contributed by atoms with Gasteiger partial charge in [-0.2, -0.15) is 31.4 Å². The molecule has 0 aliphatic carbocycles. The Hall–Kier alpha value is -2.63. The first-order valence-electron chi connectivity index (χ1n) is 7.25. The van der Waals surface area contributed by atoms with Crippen LogP contribution in [-0.4, -0.2) is 19.7 Å². The molecule has 0 atom stereocenters. The molecule has 3 aromatic heterocycles. The number of alkyl halides is 6. The molecule has 3 aromatic rings. The van der Waals surface area contributed by atoms with Crippen LogP contribution >= 0.6 is 11.3 Å². The Morgan fingerprint density at radius 2 is 1.74 bits per heavy atom. The average Bonchev–Trinajstić information content (AvgIpc) is 3.14. The zero-order valence-electron chi connectivity index (χ0n) is 13.7. The molecular formula is C15H10F6N4OS. The molecular weight excluding hydrogens is 398 g/mol. The molecule has 5 nitrogen and oxygen atoms in total. The summed E-state index contributed by atoms with van der Waals surface area (Å²) in [5.41, 5.74) is -0.690. The molecule has 27 heavy (non-hydrogen) atoms. The number of aromatic nitrogens is 4. The van der Waals surface area contributed by atoms with E-state index in [1.807, 2.05) is 0 Å². The predicted octanol–water partition coefficient (Wildman–Crippen LogP) is 5.08. The van der Waals surface area contributed by atoms with Gasteiger partial charge in [0, 0.05) is 18.0 Å². The molecule has 0 aliphatic rings. The van der Waals surface area contributed by atoms with Crippen molar-refractivity contribution in [1.29, 1.82) is 0 Å². The SMILES string of the molecule is Cc1ncnc(Oc2cc(C(F)(F)F)nn2C)c1-c1ccc(C(F)(F)F)s1. The standard InChI is InChI=1S/C15H10F6N4OS/c1-7-12(8-3-4-10(27-8)15(19,20)21)13(23-6-22-7)26-11-5-9(14(16,17)18)24-25(11)2/h3-6H,1-2H3. The monoisotopic (exact) mass is 408 g/mol. The summed E-state index contributed by atoms with van der Waals surface area (Å²) in [6.45, 7) is 1.53. The number of thiophene rings is 1. The molecule has 0 radical (unpaired) electrons. The van der Waals surface area contributed by atoms with E-state index < -0.39 is 22.9 Å².